The molecule has 30 nitrogen and oxygen atoms in total. The van der Waals surface area contributed by atoms with Crippen molar-refractivity contribution >= 4 is 166 Å². The number of rotatable bonds is 22. The minimum absolute atomic E-state index is 0.00119. The molecule has 142 heavy (non-hydrogen) atoms. The van der Waals surface area contributed by atoms with Gasteiger partial charge in [-0.15, -0.1) is 0 Å². The highest BCUT2D eigenvalue weighted by Crippen LogP contribution is 2.57. The Morgan fingerprint density at radius 1 is 0.415 bits per heavy atom. The van der Waals surface area contributed by atoms with Crippen LogP contribution in [-0.2, 0) is 28.7 Å². The van der Waals surface area contributed by atoms with Crippen molar-refractivity contribution in [1.82, 2.24) is 57.3 Å². The minimum Gasteiger partial charge on any atom is -0.378 e. The largest absolute Gasteiger partial charge is 0.378 e. The van der Waals surface area contributed by atoms with Gasteiger partial charge in [-0.1, -0.05) is 98.4 Å². The van der Waals surface area contributed by atoms with Crippen molar-refractivity contribution in [3.05, 3.63) is 190 Å². The first-order valence-electron chi connectivity index (χ1n) is 50.6. The van der Waals surface area contributed by atoms with E-state index in [1.807, 2.05) is 139 Å². The van der Waals surface area contributed by atoms with E-state index in [1.165, 1.54) is 71.1 Å². The lowest BCUT2D eigenvalue weighted by Crippen LogP contribution is -2.43. The van der Waals surface area contributed by atoms with Gasteiger partial charge in [0.05, 0.1) is 118 Å². The van der Waals surface area contributed by atoms with Crippen LogP contribution in [-0.4, -0.2) is 105 Å². The van der Waals surface area contributed by atoms with E-state index in [1.54, 1.807) is 37.4 Å². The third kappa shape index (κ3) is 21.4. The summed E-state index contributed by atoms with van der Waals surface area (Å²) in [5.41, 5.74) is 13.9. The van der Waals surface area contributed by atoms with Crippen molar-refractivity contribution in [2.75, 3.05) is 39.0 Å². The number of halogens is 1. The van der Waals surface area contributed by atoms with Crippen LogP contribution in [0, 0.1) is 85.3 Å². The first-order chi connectivity index (χ1) is 67.9. The van der Waals surface area contributed by atoms with Gasteiger partial charge in [0, 0.05) is 78.6 Å². The fraction of sp³-hybridized carbons (Fsp3) is 0.505. The second-order valence-electron chi connectivity index (χ2n) is 43.8. The van der Waals surface area contributed by atoms with Gasteiger partial charge >= 0.3 is 0 Å². The zero-order valence-corrected chi connectivity index (χ0v) is 83.6. The van der Waals surface area contributed by atoms with Crippen LogP contribution < -0.4 is 31.9 Å². The number of benzene rings is 6. The third-order valence-electron chi connectivity index (χ3n) is 31.0. The van der Waals surface area contributed by atoms with Gasteiger partial charge in [0.1, 0.15) is 5.67 Å². The van der Waals surface area contributed by atoms with Gasteiger partial charge in [-0.2, -0.15) is 0 Å². The lowest BCUT2D eigenvalue weighted by atomic mass is 9.73. The van der Waals surface area contributed by atoms with E-state index in [-0.39, 0.29) is 77.4 Å². The van der Waals surface area contributed by atoms with Crippen LogP contribution in [0.15, 0.2) is 121 Å². The lowest BCUT2D eigenvalue weighted by molar-refractivity contribution is -0.128. The number of fused-ring (bicyclic) bond motifs is 8. The molecule has 0 spiro atoms. The molecule has 10 aliphatic rings. The maximum Gasteiger partial charge on any atom is 0.232 e. The number of alkyl halides is 1. The fourth-order valence-corrected chi connectivity index (χ4v) is 20.7. The Morgan fingerprint density at radius 3 is 0.944 bits per heavy atom. The number of anilines is 6. The van der Waals surface area contributed by atoms with E-state index in [0.717, 1.165) is 174 Å². The normalized spacial score (nSPS) is 20.7. The number of nitrogens with one attached hydrogen (secondary N) is 6. The zero-order valence-electron chi connectivity index (χ0n) is 83.6. The number of carbonyl (C=O) groups excluding carboxylic acids is 5. The van der Waals surface area contributed by atoms with Gasteiger partial charge in [-0.25, -0.2) is 63.4 Å². The second kappa shape index (κ2) is 40.8. The van der Waals surface area contributed by atoms with Crippen LogP contribution in [0.5, 0.6) is 0 Å². The number of ether oxygens (including phenoxy) is 1. The lowest BCUT2D eigenvalue weighted by Gasteiger charge is -2.37. The van der Waals surface area contributed by atoms with Crippen molar-refractivity contribution in [3.8, 4) is 0 Å². The number of allylic oxidation sites excluding steroid dienone is 1. The summed E-state index contributed by atoms with van der Waals surface area (Å²) in [5.74, 6) is 4.95. The molecule has 10 aliphatic carbocycles. The number of imidazole rings is 6. The third-order valence-corrected chi connectivity index (χ3v) is 31.0. The number of aromatic nitrogens is 12. The van der Waals surface area contributed by atoms with Gasteiger partial charge in [-0.05, 0) is 283 Å². The average Bonchev–Trinajstić information content (AvgIpc) is 1.46. The molecule has 5 amide bonds. The Kier molecular flexibility index (Phi) is 28.6. The topological polar surface area (TPSA) is 300 Å². The van der Waals surface area contributed by atoms with Crippen LogP contribution in [0.4, 0.5) is 74.2 Å². The molecule has 0 saturated heterocycles. The molecule has 2 bridgehead atoms. The SMILES string of the molecule is [C-]#[N+]c1ccc2nc(NC(=C)[C@H]3CC3(C)C)n(C3CCC3)c2c1.[C-]#[N+]c1ccc2nc(NC(=O)C34CCC(CC3)C4)n(C3CCC3)c2c1.[C-]#[N+]c1ccc2nc(NC(=O)C3CC(C)(F)C3)n(C3CCC3)c2c1.[C-]#[N+]c1ccc2nc(NC(=O)CC(C)(C)C)n(C3CCC3)c2c1.[C-]#[N+]c1ccc2nc(NC(=O)CC(C)(C)OC)n(C3CCC3)c2c1.[C-]#[N+]c1ccc2nc(NC(=O)[C@H](C)C(C)C)n(C3CCC3)c2c1. The van der Waals surface area contributed by atoms with Crippen molar-refractivity contribution in [1.29, 1.82) is 0 Å². The molecule has 10 fully saturated rings. The van der Waals surface area contributed by atoms with Crippen molar-refractivity contribution < 1.29 is 33.1 Å². The Labute approximate surface area is 829 Å². The first-order valence-corrected chi connectivity index (χ1v) is 50.6. The highest BCUT2D eigenvalue weighted by Gasteiger charge is 2.51. The number of nitrogens with zero attached hydrogens (tertiary/aromatic N) is 18. The number of carbonyl (C=O) groups is 5. The fourth-order valence-electron chi connectivity index (χ4n) is 20.7. The van der Waals surface area contributed by atoms with Crippen LogP contribution in [0.3, 0.4) is 0 Å². The summed E-state index contributed by atoms with van der Waals surface area (Å²) >= 11 is 0. The van der Waals surface area contributed by atoms with Crippen molar-refractivity contribution in [3.63, 3.8) is 0 Å². The number of hydrogen-bond donors (Lipinski definition) is 6. The molecular weight excluding hydrogens is 1780 g/mol. The summed E-state index contributed by atoms with van der Waals surface area (Å²) in [6.07, 6.45) is 28.3. The molecule has 10 saturated carbocycles. The van der Waals surface area contributed by atoms with Crippen LogP contribution in [0.2, 0.25) is 0 Å². The molecule has 0 radical (unpaired) electrons. The predicted octanol–water partition coefficient (Wildman–Crippen LogP) is 27.8. The zero-order chi connectivity index (χ0) is 101. The number of methoxy groups -OCH3 is 1. The standard InChI is InChI=1S/C20H22N4O.C19H22N4.C18H19FN4O.C18H22N4O2.2C18H22N4O/c1-21-14-5-6-16-17(11-14)24(15-3-2-4-15)19(22-16)23-18(25)20-9-7-13(12-20)8-10-20;1-12(15-11-19(15,2)3)21-18-22-16-9-8-13(20-4)10-17(16)23(18)14-6-5-7-14;1-18(19)9-11(10-18)16(24)22-17-21-14-7-6-12(20-2)8-15(14)23(17)13-4-3-5-13;1-18(2,24-4)11-16(23)21-17-20-14-9-8-12(19-3)10-15(14)22(17)13-6-5-7-13;1-18(2,3)11-16(23)21-17-20-14-9-8-12(19-4)10-15(14)22(17)13-6-5-7-13;1-11(2)12(3)17(23)21-18-20-15-9-8-13(19-4)10-16(15)22(18)14-6-5-7-14/h5-6,11,13,15H,2-4,7-10,12H2,(H,22,23,25);8-10,14-15H,1,5-7,11H2,2-3H3,(H,21,22);6-8,11,13H,3-5,9-10H2,1H3,(H,21,22,24);8-10,13H,5-7,11H2,1-2,4H3,(H,20,21,23);8-10,13H,5-7,11H2,1-3H3,(H,20,21,23);8-12,14H,5-7H2,1-3H3,(H,20,21,23)/t;15-;;;;12-/m.1...1/s1. The Bertz CT molecular complexity index is 7020. The van der Waals surface area contributed by atoms with Crippen LogP contribution in [0.25, 0.3) is 95.3 Å². The van der Waals surface area contributed by atoms with Crippen LogP contribution >= 0.6 is 0 Å². The molecule has 12 aromatic rings. The number of amides is 5. The van der Waals surface area contributed by atoms with Gasteiger partial charge in [-0.3, -0.25) is 50.6 Å². The Balaban J connectivity index is 0.000000117. The molecule has 22 rings (SSSR count). The van der Waals surface area contributed by atoms with E-state index in [0.29, 0.717) is 118 Å². The highest BCUT2D eigenvalue weighted by molar-refractivity contribution is 5.99. The minimum atomic E-state index is -1.22. The monoisotopic (exact) mass is 1910 g/mol. The van der Waals surface area contributed by atoms with Crippen LogP contribution in [0.1, 0.15) is 292 Å². The summed E-state index contributed by atoms with van der Waals surface area (Å²) in [5, 5.41) is 18.5. The smallest absolute Gasteiger partial charge is 0.232 e. The van der Waals surface area contributed by atoms with Gasteiger partial charge in [0.25, 0.3) is 0 Å². The summed E-state index contributed by atoms with van der Waals surface area (Å²) < 4.78 is 31.8. The van der Waals surface area contributed by atoms with Crippen molar-refractivity contribution in [2.45, 2.75) is 303 Å². The summed E-state index contributed by atoms with van der Waals surface area (Å²) in [7, 11) is 1.60. The van der Waals surface area contributed by atoms with E-state index in [2.05, 4.69) is 124 Å². The number of hydrogen-bond acceptors (Lipinski definition) is 13. The second-order valence-corrected chi connectivity index (χ2v) is 43.8. The molecule has 31 heteroatoms. The van der Waals surface area contributed by atoms with E-state index < -0.39 is 11.3 Å². The molecule has 6 aromatic heterocycles. The van der Waals surface area contributed by atoms with Crippen molar-refractivity contribution in [2.24, 2.45) is 45.8 Å². The quantitative estimate of drug-likeness (QED) is 0.0344. The first kappa shape index (κ1) is 99.4. The van der Waals surface area contributed by atoms with E-state index in [9.17, 15) is 28.4 Å². The highest BCUT2D eigenvalue weighted by atomic mass is 19.1. The summed E-state index contributed by atoms with van der Waals surface area (Å²) in [6, 6.07) is 35.4. The molecule has 2 atom stereocenters. The molecule has 6 N–H and O–H groups in total. The van der Waals surface area contributed by atoms with Gasteiger partial charge < -0.3 is 37.5 Å². The summed E-state index contributed by atoms with van der Waals surface area (Å²) in [4.78, 5) is 111. The molecular formula is C111H129FN24O6. The summed E-state index contributed by atoms with van der Waals surface area (Å²) in [6.45, 7) is 69.6. The Morgan fingerprint density at radius 2 is 0.697 bits per heavy atom. The van der Waals surface area contributed by atoms with Gasteiger partial charge in [0.15, 0.2) is 34.1 Å². The maximum atomic E-state index is 13.6. The molecule has 6 heterocycles. The van der Waals surface area contributed by atoms with E-state index >= 15 is 0 Å². The molecule has 6 aromatic carbocycles. The van der Waals surface area contributed by atoms with E-state index in [4.69, 9.17) is 54.1 Å². The van der Waals surface area contributed by atoms with Gasteiger partial charge in [0.2, 0.25) is 65.2 Å². The Hall–Kier alpha value is -14.1. The molecule has 0 aliphatic heterocycles. The molecule has 0 unspecified atom stereocenters. The molecule has 736 valence electrons. The maximum absolute atomic E-state index is 13.6. The average molecular weight is 1910 g/mol. The predicted molar refractivity (Wildman–Crippen MR) is 556 cm³/mol.